The minimum atomic E-state index is -1.61. The Hall–Kier alpha value is -0.273. The van der Waals surface area contributed by atoms with E-state index >= 15 is 0 Å². The molecule has 0 amide bonds. The first kappa shape index (κ1) is 8.82. The Balaban J connectivity index is 3.14. The molecule has 1 aromatic rings. The Labute approximate surface area is 73.9 Å². The molecular weight excluding hydrogens is 172 g/mol. The minimum Gasteiger partial charge on any atom is -0.162 e. The summed E-state index contributed by atoms with van der Waals surface area (Å²) < 4.78 is 0. The predicted molar refractivity (Wildman–Crippen MR) is 54.1 cm³/mol. The Kier molecular flexibility index (Phi) is 2.40. The summed E-state index contributed by atoms with van der Waals surface area (Å²) in [5, 5.41) is 1.35. The van der Waals surface area contributed by atoms with Gasteiger partial charge in [-0.15, -0.1) is 0 Å². The summed E-state index contributed by atoms with van der Waals surface area (Å²) in [4.78, 5) is 0. The zero-order valence-electron chi connectivity index (χ0n) is 7.19. The van der Waals surface area contributed by atoms with E-state index in [1.807, 2.05) is 0 Å². The molecule has 11 heavy (non-hydrogen) atoms. The molecule has 0 unspecified atom stereocenters. The van der Waals surface area contributed by atoms with E-state index in [-0.39, 0.29) is 0 Å². The van der Waals surface area contributed by atoms with Crippen LogP contribution in [0.3, 0.4) is 0 Å². The number of hydrogen-bond donors (Lipinski definition) is 0. The highest BCUT2D eigenvalue weighted by atomic mass is 35.6. The summed E-state index contributed by atoms with van der Waals surface area (Å²) in [5.74, 6) is 0. The van der Waals surface area contributed by atoms with Crippen molar-refractivity contribution in [1.82, 2.24) is 0 Å². The van der Waals surface area contributed by atoms with E-state index in [1.165, 1.54) is 10.8 Å². The van der Waals surface area contributed by atoms with E-state index < -0.39 is 7.38 Å². The third-order valence-electron chi connectivity index (χ3n) is 1.79. The summed E-state index contributed by atoms with van der Waals surface area (Å²) in [6, 6.07) is 8.36. The Morgan fingerprint density at radius 1 is 1.18 bits per heavy atom. The maximum atomic E-state index is 6.30. The van der Waals surface area contributed by atoms with Crippen LogP contribution in [0.15, 0.2) is 24.3 Å². The second kappa shape index (κ2) is 3.00. The molecule has 2 heteroatoms. The fraction of sp³-hybridized carbons (Fsp3) is 0.333. The molecule has 0 radical (unpaired) electrons. The number of halogens is 1. The fourth-order valence-electron chi connectivity index (χ4n) is 1.24. The van der Waals surface area contributed by atoms with Crippen molar-refractivity contribution in [3.63, 3.8) is 0 Å². The van der Waals surface area contributed by atoms with Gasteiger partial charge < -0.3 is 0 Å². The first-order chi connectivity index (χ1) is 5.02. The third kappa shape index (κ3) is 2.08. The average Bonchev–Trinajstić information content (AvgIpc) is 1.86. The summed E-state index contributed by atoms with van der Waals surface area (Å²) >= 11 is 6.30. The second-order valence-electron chi connectivity index (χ2n) is 3.29. The molecule has 0 fully saturated rings. The molecule has 0 atom stereocenters. The summed E-state index contributed by atoms with van der Waals surface area (Å²) in [7, 11) is -1.61. The van der Waals surface area contributed by atoms with Gasteiger partial charge in [-0.05, 0) is 12.1 Å². The van der Waals surface area contributed by atoms with Crippen LogP contribution in [0.25, 0.3) is 0 Å². The van der Waals surface area contributed by atoms with E-state index in [9.17, 15) is 0 Å². The van der Waals surface area contributed by atoms with Gasteiger partial charge in [0.1, 0.15) is 0 Å². The quantitative estimate of drug-likeness (QED) is 0.465. The van der Waals surface area contributed by atoms with E-state index in [0.717, 1.165) is 0 Å². The minimum absolute atomic E-state index is 1.32. The Bertz CT molecular complexity index is 250. The lowest BCUT2D eigenvalue weighted by atomic mass is 10.2. The second-order valence-corrected chi connectivity index (χ2v) is 9.61. The Morgan fingerprint density at radius 2 is 1.73 bits per heavy atom. The zero-order chi connectivity index (χ0) is 8.48. The van der Waals surface area contributed by atoms with Gasteiger partial charge in [0, 0.05) is 0 Å². The molecule has 0 nitrogen and oxygen atoms in total. The molecule has 0 saturated heterocycles. The lowest BCUT2D eigenvalue weighted by molar-refractivity contribution is 1.50. The summed E-state index contributed by atoms with van der Waals surface area (Å²) in [5.41, 5.74) is 1.32. The highest BCUT2D eigenvalue weighted by Crippen LogP contribution is 2.10. The molecule has 0 aliphatic rings. The highest BCUT2D eigenvalue weighted by molar-refractivity contribution is 7.26. The molecule has 0 saturated carbocycles. The van der Waals surface area contributed by atoms with Crippen LogP contribution in [-0.4, -0.2) is 7.38 Å². The van der Waals surface area contributed by atoms with Gasteiger partial charge in [-0.2, -0.15) is 11.1 Å². The van der Waals surface area contributed by atoms with Gasteiger partial charge in [-0.3, -0.25) is 0 Å². The normalized spacial score (nSPS) is 11.6. The van der Waals surface area contributed by atoms with E-state index in [4.69, 9.17) is 11.1 Å². The maximum Gasteiger partial charge on any atom is 0.181 e. The largest absolute Gasteiger partial charge is 0.181 e. The molecule has 0 spiro atoms. The molecular formula is C9H13ClSi. The lowest BCUT2D eigenvalue weighted by Crippen LogP contribution is -2.36. The molecule has 0 heterocycles. The number of hydrogen-bond acceptors (Lipinski definition) is 0. The van der Waals surface area contributed by atoms with Crippen molar-refractivity contribution in [1.29, 1.82) is 0 Å². The number of benzene rings is 1. The van der Waals surface area contributed by atoms with Gasteiger partial charge in [-0.1, -0.05) is 42.9 Å². The average molecular weight is 185 g/mol. The van der Waals surface area contributed by atoms with Gasteiger partial charge in [0.05, 0.1) is 0 Å². The lowest BCUT2D eigenvalue weighted by Gasteiger charge is -2.15. The van der Waals surface area contributed by atoms with Gasteiger partial charge in [-0.25, -0.2) is 0 Å². The SMILES string of the molecule is Cc1ccccc1[Si](C)(C)Cl. The van der Waals surface area contributed by atoms with Crippen LogP contribution in [0, 0.1) is 6.92 Å². The first-order valence-corrected chi connectivity index (χ1v) is 7.78. The Morgan fingerprint density at radius 3 is 2.09 bits per heavy atom. The predicted octanol–water partition coefficient (Wildman–Crippen LogP) is 2.65. The van der Waals surface area contributed by atoms with Gasteiger partial charge in [0.15, 0.2) is 7.38 Å². The molecule has 0 N–H and O–H groups in total. The molecule has 1 aromatic carbocycles. The molecule has 0 aliphatic carbocycles. The number of rotatable bonds is 1. The van der Waals surface area contributed by atoms with Crippen LogP contribution in [0.1, 0.15) is 5.56 Å². The van der Waals surface area contributed by atoms with E-state index in [2.05, 4.69) is 44.3 Å². The van der Waals surface area contributed by atoms with Crippen molar-refractivity contribution in [2.45, 2.75) is 20.0 Å². The number of aryl methyl sites for hydroxylation is 1. The van der Waals surface area contributed by atoms with Crippen molar-refractivity contribution >= 4 is 23.6 Å². The van der Waals surface area contributed by atoms with Crippen LogP contribution < -0.4 is 5.19 Å². The molecule has 60 valence electrons. The molecule has 0 aromatic heterocycles. The summed E-state index contributed by atoms with van der Waals surface area (Å²) in [6.45, 7) is 6.42. The maximum absolute atomic E-state index is 6.30. The zero-order valence-corrected chi connectivity index (χ0v) is 8.94. The van der Waals surface area contributed by atoms with Crippen molar-refractivity contribution in [2.75, 3.05) is 0 Å². The third-order valence-corrected chi connectivity index (χ3v) is 4.24. The van der Waals surface area contributed by atoms with Crippen LogP contribution in [0.4, 0.5) is 0 Å². The van der Waals surface area contributed by atoms with Crippen molar-refractivity contribution in [3.8, 4) is 0 Å². The van der Waals surface area contributed by atoms with Crippen molar-refractivity contribution in [2.24, 2.45) is 0 Å². The first-order valence-electron chi connectivity index (χ1n) is 3.77. The summed E-state index contributed by atoms with van der Waals surface area (Å²) in [6.07, 6.45) is 0. The van der Waals surface area contributed by atoms with Crippen LogP contribution >= 0.6 is 11.1 Å². The monoisotopic (exact) mass is 184 g/mol. The van der Waals surface area contributed by atoms with Gasteiger partial charge >= 0.3 is 0 Å². The molecule has 1 rings (SSSR count). The van der Waals surface area contributed by atoms with Crippen LogP contribution in [0.5, 0.6) is 0 Å². The smallest absolute Gasteiger partial charge is 0.162 e. The van der Waals surface area contributed by atoms with Crippen LogP contribution in [0.2, 0.25) is 13.1 Å². The van der Waals surface area contributed by atoms with E-state index in [1.54, 1.807) is 0 Å². The van der Waals surface area contributed by atoms with Crippen molar-refractivity contribution < 1.29 is 0 Å². The fourth-order valence-corrected chi connectivity index (χ4v) is 3.39. The highest BCUT2D eigenvalue weighted by Gasteiger charge is 2.21. The topological polar surface area (TPSA) is 0 Å². The molecule has 0 aliphatic heterocycles. The van der Waals surface area contributed by atoms with Gasteiger partial charge in [0.2, 0.25) is 0 Å². The van der Waals surface area contributed by atoms with E-state index in [0.29, 0.717) is 0 Å². The standard InChI is InChI=1S/C9H13ClSi/c1-8-6-4-5-7-9(8)11(2,3)10/h4-7H,1-3H3. The molecule has 0 bridgehead atoms. The van der Waals surface area contributed by atoms with Gasteiger partial charge in [0.25, 0.3) is 0 Å². The van der Waals surface area contributed by atoms with Crippen LogP contribution in [-0.2, 0) is 0 Å². The van der Waals surface area contributed by atoms with Crippen molar-refractivity contribution in [3.05, 3.63) is 29.8 Å².